The van der Waals surface area contributed by atoms with E-state index >= 15 is 0 Å². The first kappa shape index (κ1) is 16.9. The third kappa shape index (κ3) is 3.32. The Hall–Kier alpha value is -1.42. The lowest BCUT2D eigenvalue weighted by Gasteiger charge is -2.26. The Kier molecular flexibility index (Phi) is 5.57. The van der Waals surface area contributed by atoms with E-state index in [9.17, 15) is 25.5 Å². The Morgan fingerprint density at radius 2 is 1.55 bits per heavy atom. The van der Waals surface area contributed by atoms with E-state index in [4.69, 9.17) is 14.2 Å². The first-order valence-corrected chi connectivity index (χ1v) is 6.77. The lowest BCUT2D eigenvalue weighted by atomic mass is 10.0. The van der Waals surface area contributed by atoms with Gasteiger partial charge in [0, 0.05) is 0 Å². The molecule has 0 bridgehead atoms. The van der Waals surface area contributed by atoms with Gasteiger partial charge in [-0.3, -0.25) is 0 Å². The van der Waals surface area contributed by atoms with Crippen LogP contribution >= 0.6 is 0 Å². The SMILES string of the molecule is COc1ccccc1O[C@@H]1O[C@H](CO)[C@@H](O)[C@H](O)[C@H](O)[C@@H]1O. The number of aliphatic hydroxyl groups excluding tert-OH is 5. The van der Waals surface area contributed by atoms with E-state index < -0.39 is 43.4 Å². The molecule has 0 saturated carbocycles. The average molecular weight is 316 g/mol. The number of ether oxygens (including phenoxy) is 3. The van der Waals surface area contributed by atoms with Crippen LogP contribution < -0.4 is 9.47 Å². The highest BCUT2D eigenvalue weighted by molar-refractivity contribution is 5.39. The quantitative estimate of drug-likeness (QED) is 0.442. The highest BCUT2D eigenvalue weighted by Gasteiger charge is 2.45. The van der Waals surface area contributed by atoms with Crippen LogP contribution in [0.1, 0.15) is 0 Å². The molecule has 1 aliphatic rings. The molecule has 1 aliphatic heterocycles. The fourth-order valence-corrected chi connectivity index (χ4v) is 2.21. The van der Waals surface area contributed by atoms with Crippen LogP contribution in [-0.4, -0.2) is 76.1 Å². The van der Waals surface area contributed by atoms with Crippen molar-refractivity contribution in [2.75, 3.05) is 13.7 Å². The molecule has 1 saturated heterocycles. The van der Waals surface area contributed by atoms with Gasteiger partial charge in [-0.15, -0.1) is 0 Å². The van der Waals surface area contributed by atoms with E-state index in [0.29, 0.717) is 5.75 Å². The molecule has 1 fully saturated rings. The summed E-state index contributed by atoms with van der Waals surface area (Å²) in [5.74, 6) is 0.613. The fraction of sp³-hybridized carbons (Fsp3) is 0.571. The highest BCUT2D eigenvalue weighted by Crippen LogP contribution is 2.30. The van der Waals surface area contributed by atoms with E-state index in [2.05, 4.69) is 0 Å². The summed E-state index contributed by atoms with van der Waals surface area (Å²) in [5, 5.41) is 48.7. The Morgan fingerprint density at radius 1 is 0.955 bits per heavy atom. The Morgan fingerprint density at radius 3 is 2.14 bits per heavy atom. The molecule has 1 heterocycles. The molecule has 0 radical (unpaired) electrons. The third-order valence-corrected chi connectivity index (χ3v) is 3.51. The predicted octanol–water partition coefficient (Wildman–Crippen LogP) is -1.77. The van der Waals surface area contributed by atoms with E-state index in [-0.39, 0.29) is 5.75 Å². The molecule has 5 N–H and O–H groups in total. The van der Waals surface area contributed by atoms with Gasteiger partial charge < -0.3 is 39.7 Å². The molecule has 124 valence electrons. The first-order chi connectivity index (χ1) is 10.5. The van der Waals surface area contributed by atoms with Gasteiger partial charge in [0.2, 0.25) is 6.29 Å². The first-order valence-electron chi connectivity index (χ1n) is 6.77. The summed E-state index contributed by atoms with van der Waals surface area (Å²) in [7, 11) is 1.44. The minimum Gasteiger partial charge on any atom is -0.493 e. The fourth-order valence-electron chi connectivity index (χ4n) is 2.21. The molecule has 22 heavy (non-hydrogen) atoms. The Bertz CT molecular complexity index is 480. The summed E-state index contributed by atoms with van der Waals surface area (Å²) >= 11 is 0. The van der Waals surface area contributed by atoms with Crippen LogP contribution in [0.15, 0.2) is 24.3 Å². The molecular weight excluding hydrogens is 296 g/mol. The van der Waals surface area contributed by atoms with Crippen molar-refractivity contribution in [3.8, 4) is 11.5 Å². The summed E-state index contributed by atoms with van der Waals surface area (Å²) in [6.07, 6.45) is -9.21. The average Bonchev–Trinajstić information content (AvgIpc) is 2.62. The number of rotatable bonds is 4. The monoisotopic (exact) mass is 316 g/mol. The molecule has 1 aromatic carbocycles. The van der Waals surface area contributed by atoms with Gasteiger partial charge >= 0.3 is 0 Å². The van der Waals surface area contributed by atoms with Gasteiger partial charge in [0.25, 0.3) is 0 Å². The zero-order chi connectivity index (χ0) is 16.3. The molecule has 0 aromatic heterocycles. The normalized spacial score (nSPS) is 35.7. The van der Waals surface area contributed by atoms with Gasteiger partial charge in [0.15, 0.2) is 11.5 Å². The molecule has 8 nitrogen and oxygen atoms in total. The molecule has 6 atom stereocenters. The number of para-hydroxylation sites is 2. The maximum atomic E-state index is 10.1. The second kappa shape index (κ2) is 7.23. The van der Waals surface area contributed by atoms with Crippen molar-refractivity contribution in [3.05, 3.63) is 24.3 Å². The maximum Gasteiger partial charge on any atom is 0.229 e. The third-order valence-electron chi connectivity index (χ3n) is 3.51. The standard InChI is InChI=1S/C14H20O8/c1-20-7-4-2-3-5-8(7)21-14-13(19)12(18)11(17)10(16)9(6-15)22-14/h2-5,9-19H,6H2,1H3/t9-,10-,11+,12+,13+,14-/m1/s1. The van der Waals surface area contributed by atoms with Crippen molar-refractivity contribution in [2.45, 2.75) is 36.8 Å². The highest BCUT2D eigenvalue weighted by atomic mass is 16.7. The Balaban J connectivity index is 2.24. The lowest BCUT2D eigenvalue weighted by molar-refractivity contribution is -0.195. The number of aliphatic hydroxyl groups is 5. The van der Waals surface area contributed by atoms with Crippen molar-refractivity contribution >= 4 is 0 Å². The van der Waals surface area contributed by atoms with Gasteiger partial charge in [-0.1, -0.05) is 12.1 Å². The van der Waals surface area contributed by atoms with Crippen molar-refractivity contribution in [1.29, 1.82) is 0 Å². The Labute approximate surface area is 127 Å². The van der Waals surface area contributed by atoms with E-state index in [0.717, 1.165) is 0 Å². The van der Waals surface area contributed by atoms with Gasteiger partial charge in [0.1, 0.15) is 30.5 Å². The smallest absolute Gasteiger partial charge is 0.229 e. The summed E-state index contributed by atoms with van der Waals surface area (Å²) in [5.41, 5.74) is 0. The van der Waals surface area contributed by atoms with Gasteiger partial charge in [-0.25, -0.2) is 0 Å². The molecule has 1 aromatic rings. The van der Waals surface area contributed by atoms with E-state index in [1.807, 2.05) is 0 Å². The molecule has 0 unspecified atom stereocenters. The maximum absolute atomic E-state index is 10.1. The largest absolute Gasteiger partial charge is 0.493 e. The van der Waals surface area contributed by atoms with Crippen LogP contribution in [0.5, 0.6) is 11.5 Å². The summed E-state index contributed by atoms with van der Waals surface area (Å²) in [6.45, 7) is -0.622. The predicted molar refractivity (Wildman–Crippen MR) is 73.4 cm³/mol. The topological polar surface area (TPSA) is 129 Å². The second-order valence-electron chi connectivity index (χ2n) is 4.96. The van der Waals surface area contributed by atoms with Gasteiger partial charge in [-0.05, 0) is 12.1 Å². The number of benzene rings is 1. The molecule has 0 spiro atoms. The van der Waals surface area contributed by atoms with Crippen LogP contribution in [0, 0.1) is 0 Å². The van der Waals surface area contributed by atoms with Crippen LogP contribution in [0.25, 0.3) is 0 Å². The van der Waals surface area contributed by atoms with Crippen molar-refractivity contribution in [1.82, 2.24) is 0 Å². The number of hydrogen-bond acceptors (Lipinski definition) is 8. The summed E-state index contributed by atoms with van der Waals surface area (Å²) in [4.78, 5) is 0. The molecular formula is C14H20O8. The van der Waals surface area contributed by atoms with Crippen molar-refractivity contribution in [3.63, 3.8) is 0 Å². The van der Waals surface area contributed by atoms with E-state index in [1.54, 1.807) is 24.3 Å². The van der Waals surface area contributed by atoms with Crippen LogP contribution in [0.2, 0.25) is 0 Å². The van der Waals surface area contributed by atoms with Crippen molar-refractivity contribution < 1.29 is 39.7 Å². The van der Waals surface area contributed by atoms with Crippen LogP contribution in [0.4, 0.5) is 0 Å². The molecule has 8 heteroatoms. The summed E-state index contributed by atoms with van der Waals surface area (Å²) in [6, 6.07) is 6.58. The second-order valence-corrected chi connectivity index (χ2v) is 4.96. The van der Waals surface area contributed by atoms with Crippen molar-refractivity contribution in [2.24, 2.45) is 0 Å². The van der Waals surface area contributed by atoms with Crippen LogP contribution in [-0.2, 0) is 4.74 Å². The summed E-state index contributed by atoms with van der Waals surface area (Å²) < 4.78 is 15.9. The van der Waals surface area contributed by atoms with Gasteiger partial charge in [0.05, 0.1) is 13.7 Å². The lowest BCUT2D eigenvalue weighted by Crippen LogP contribution is -2.48. The number of hydrogen-bond donors (Lipinski definition) is 5. The minimum absolute atomic E-state index is 0.240. The number of methoxy groups -OCH3 is 1. The molecule has 0 amide bonds. The minimum atomic E-state index is -1.70. The van der Waals surface area contributed by atoms with Crippen LogP contribution in [0.3, 0.4) is 0 Å². The zero-order valence-corrected chi connectivity index (χ0v) is 11.9. The van der Waals surface area contributed by atoms with E-state index in [1.165, 1.54) is 7.11 Å². The molecule has 0 aliphatic carbocycles. The van der Waals surface area contributed by atoms with Gasteiger partial charge in [-0.2, -0.15) is 0 Å². The zero-order valence-electron chi connectivity index (χ0n) is 11.9. The molecule has 2 rings (SSSR count).